The van der Waals surface area contributed by atoms with Crippen molar-refractivity contribution in [2.24, 2.45) is 23.7 Å². The highest BCUT2D eigenvalue weighted by atomic mass is 32.2. The summed E-state index contributed by atoms with van der Waals surface area (Å²) < 4.78 is 66.2. The van der Waals surface area contributed by atoms with Gasteiger partial charge < -0.3 is 0 Å². The summed E-state index contributed by atoms with van der Waals surface area (Å²) in [7, 11) is -4.11. The molecule has 3 fully saturated rings. The number of nitrogens with one attached hydrogen (secondary N) is 1. The minimum atomic E-state index is -4.49. The van der Waals surface area contributed by atoms with E-state index in [1.165, 1.54) is 16.8 Å². The highest BCUT2D eigenvalue weighted by molar-refractivity contribution is 7.90. The van der Waals surface area contributed by atoms with E-state index in [9.17, 15) is 26.4 Å². The minimum Gasteiger partial charge on any atom is -0.274 e. The van der Waals surface area contributed by atoms with Gasteiger partial charge in [0.1, 0.15) is 0 Å². The highest BCUT2D eigenvalue weighted by Crippen LogP contribution is 2.54. The maximum Gasteiger partial charge on any atom is 0.392 e. The number of sulfonamides is 1. The van der Waals surface area contributed by atoms with Crippen LogP contribution in [0.25, 0.3) is 0 Å². The summed E-state index contributed by atoms with van der Waals surface area (Å²) in [6.07, 6.45) is -2.48. The zero-order valence-corrected chi connectivity index (χ0v) is 13.7. The summed E-state index contributed by atoms with van der Waals surface area (Å²) in [5.41, 5.74) is 0. The van der Waals surface area contributed by atoms with Crippen LogP contribution < -0.4 is 4.72 Å². The van der Waals surface area contributed by atoms with Crippen LogP contribution in [0.3, 0.4) is 0 Å². The topological polar surface area (TPSA) is 63.2 Å². The number of thiophene rings is 1. The van der Waals surface area contributed by atoms with E-state index in [0.29, 0.717) is 25.7 Å². The Bertz CT molecular complexity index is 677. The van der Waals surface area contributed by atoms with E-state index in [1.807, 2.05) is 4.72 Å². The van der Waals surface area contributed by atoms with Crippen molar-refractivity contribution in [2.75, 3.05) is 0 Å². The van der Waals surface area contributed by atoms with Crippen molar-refractivity contribution >= 4 is 27.3 Å². The van der Waals surface area contributed by atoms with Gasteiger partial charge in [-0.25, -0.2) is 13.1 Å². The van der Waals surface area contributed by atoms with E-state index in [-0.39, 0.29) is 4.90 Å². The molecule has 1 aromatic heterocycles. The molecule has 4 nitrogen and oxygen atoms in total. The van der Waals surface area contributed by atoms with E-state index < -0.39 is 45.8 Å². The fraction of sp³-hybridized carbons (Fsp3) is 0.643. The second kappa shape index (κ2) is 5.77. The Labute approximate surface area is 136 Å². The average Bonchev–Trinajstić information content (AvgIpc) is 3.01. The first-order valence-corrected chi connectivity index (χ1v) is 9.78. The highest BCUT2D eigenvalue weighted by Gasteiger charge is 2.58. The Morgan fingerprint density at radius 1 is 1.17 bits per heavy atom. The smallest absolute Gasteiger partial charge is 0.274 e. The quantitative estimate of drug-likeness (QED) is 0.893. The van der Waals surface area contributed by atoms with E-state index >= 15 is 0 Å². The molecule has 1 aromatic rings. The zero-order valence-electron chi connectivity index (χ0n) is 12.0. The van der Waals surface area contributed by atoms with Crippen LogP contribution in [0.15, 0.2) is 21.7 Å². The predicted molar refractivity (Wildman–Crippen MR) is 78.1 cm³/mol. The average molecular weight is 367 g/mol. The number of alkyl halides is 3. The second-order valence-electron chi connectivity index (χ2n) is 6.20. The van der Waals surface area contributed by atoms with Crippen LogP contribution in [0.4, 0.5) is 13.2 Å². The SMILES string of the molecule is O=C(NS(=O)(=O)c1ccsc1)[C@H]1C2CCC(CC2)[C@@H]1C(F)(F)F. The molecule has 23 heavy (non-hydrogen) atoms. The maximum absolute atomic E-state index is 13.4. The van der Waals surface area contributed by atoms with Crippen LogP contribution in [0.5, 0.6) is 0 Å². The van der Waals surface area contributed by atoms with Crippen LogP contribution in [-0.2, 0) is 14.8 Å². The van der Waals surface area contributed by atoms with E-state index in [0.717, 1.165) is 11.3 Å². The molecule has 0 unspecified atom stereocenters. The molecule has 3 aliphatic rings. The molecular weight excluding hydrogens is 351 g/mol. The minimum absolute atomic E-state index is 0.0969. The third kappa shape index (κ3) is 3.13. The fourth-order valence-corrected chi connectivity index (χ4v) is 6.00. The lowest BCUT2D eigenvalue weighted by molar-refractivity contribution is -0.228. The van der Waals surface area contributed by atoms with Gasteiger partial charge in [0, 0.05) is 5.38 Å². The maximum atomic E-state index is 13.4. The Morgan fingerprint density at radius 2 is 1.78 bits per heavy atom. The largest absolute Gasteiger partial charge is 0.392 e. The number of fused-ring (bicyclic) bond motifs is 3. The molecule has 1 N–H and O–H groups in total. The van der Waals surface area contributed by atoms with Crippen molar-refractivity contribution in [3.8, 4) is 0 Å². The molecule has 0 radical (unpaired) electrons. The number of hydrogen-bond donors (Lipinski definition) is 1. The number of carbonyl (C=O) groups is 1. The fourth-order valence-electron chi connectivity index (χ4n) is 3.96. The number of amides is 1. The summed E-state index contributed by atoms with van der Waals surface area (Å²) in [6, 6.07) is 1.31. The van der Waals surface area contributed by atoms with Gasteiger partial charge in [0.25, 0.3) is 10.0 Å². The van der Waals surface area contributed by atoms with Crippen LogP contribution in [0, 0.1) is 23.7 Å². The Hall–Kier alpha value is -1.09. The van der Waals surface area contributed by atoms with Gasteiger partial charge in [0.05, 0.1) is 16.7 Å². The first kappa shape index (κ1) is 16.8. The van der Waals surface area contributed by atoms with Crippen molar-refractivity contribution < 1.29 is 26.4 Å². The van der Waals surface area contributed by atoms with Gasteiger partial charge >= 0.3 is 6.18 Å². The van der Waals surface area contributed by atoms with Crippen LogP contribution in [0.1, 0.15) is 25.7 Å². The molecular formula is C14H16F3NO3S2. The molecule has 128 valence electrons. The molecule has 0 aliphatic heterocycles. The second-order valence-corrected chi connectivity index (χ2v) is 8.66. The molecule has 3 saturated carbocycles. The molecule has 0 aromatic carbocycles. The van der Waals surface area contributed by atoms with Gasteiger partial charge in [-0.2, -0.15) is 24.5 Å². The first-order chi connectivity index (χ1) is 10.7. The van der Waals surface area contributed by atoms with Crippen molar-refractivity contribution in [1.29, 1.82) is 0 Å². The molecule has 0 spiro atoms. The van der Waals surface area contributed by atoms with E-state index in [1.54, 1.807) is 0 Å². The lowest BCUT2D eigenvalue weighted by Gasteiger charge is -2.48. The predicted octanol–water partition coefficient (Wildman–Crippen LogP) is 3.17. The van der Waals surface area contributed by atoms with Crippen molar-refractivity contribution in [1.82, 2.24) is 4.72 Å². The van der Waals surface area contributed by atoms with Crippen LogP contribution in [-0.4, -0.2) is 20.5 Å². The third-order valence-corrected chi connectivity index (χ3v) is 7.12. The van der Waals surface area contributed by atoms with Gasteiger partial charge in [-0.3, -0.25) is 4.79 Å². The molecule has 2 bridgehead atoms. The first-order valence-electron chi connectivity index (χ1n) is 7.36. The summed E-state index contributed by atoms with van der Waals surface area (Å²) in [6.45, 7) is 0. The molecule has 1 heterocycles. The summed E-state index contributed by atoms with van der Waals surface area (Å²) in [5.74, 6) is -5.06. The Kier molecular flexibility index (Phi) is 4.20. The van der Waals surface area contributed by atoms with Gasteiger partial charge in [0.2, 0.25) is 5.91 Å². The summed E-state index contributed by atoms with van der Waals surface area (Å²) >= 11 is 1.14. The number of rotatable bonds is 3. The monoisotopic (exact) mass is 367 g/mol. The summed E-state index contributed by atoms with van der Waals surface area (Å²) in [5, 5.41) is 2.87. The molecule has 1 amide bonds. The van der Waals surface area contributed by atoms with Gasteiger partial charge in [-0.1, -0.05) is 0 Å². The Morgan fingerprint density at radius 3 is 2.30 bits per heavy atom. The lowest BCUT2D eigenvalue weighted by atomic mass is 9.58. The number of hydrogen-bond acceptors (Lipinski definition) is 4. The standard InChI is InChI=1S/C14H16F3NO3S2/c15-14(16,17)12-9-3-1-8(2-4-9)11(12)13(19)18-23(20,21)10-5-6-22-7-10/h5-9,11-12H,1-4H2,(H,18,19)/t8?,9?,11-,12-/m0/s1. The number of carbonyl (C=O) groups excluding carboxylic acids is 1. The van der Waals surface area contributed by atoms with Gasteiger partial charge in [-0.05, 0) is 49.0 Å². The van der Waals surface area contributed by atoms with Crippen molar-refractivity contribution in [2.45, 2.75) is 36.8 Å². The molecule has 0 saturated heterocycles. The lowest BCUT2D eigenvalue weighted by Crippen LogP contribution is -2.53. The molecule has 3 aliphatic carbocycles. The molecule has 9 heteroatoms. The molecule has 4 rings (SSSR count). The van der Waals surface area contributed by atoms with Gasteiger partial charge in [-0.15, -0.1) is 0 Å². The normalized spacial score (nSPS) is 31.1. The van der Waals surface area contributed by atoms with E-state index in [2.05, 4.69) is 0 Å². The molecule has 2 atom stereocenters. The van der Waals surface area contributed by atoms with E-state index in [4.69, 9.17) is 0 Å². The summed E-state index contributed by atoms with van der Waals surface area (Å²) in [4.78, 5) is 12.3. The number of halogens is 3. The van der Waals surface area contributed by atoms with Crippen molar-refractivity contribution in [3.63, 3.8) is 0 Å². The third-order valence-electron chi connectivity index (χ3n) is 4.94. The van der Waals surface area contributed by atoms with Crippen LogP contribution >= 0.6 is 11.3 Å². The van der Waals surface area contributed by atoms with Crippen LogP contribution in [0.2, 0.25) is 0 Å². The van der Waals surface area contributed by atoms with Gasteiger partial charge in [0.15, 0.2) is 0 Å². The Balaban J connectivity index is 1.85. The van der Waals surface area contributed by atoms with Crippen molar-refractivity contribution in [3.05, 3.63) is 16.8 Å². The zero-order chi connectivity index (χ0) is 16.8.